The summed E-state index contributed by atoms with van der Waals surface area (Å²) in [6.07, 6.45) is 0. The van der Waals surface area contributed by atoms with Gasteiger partial charge in [0.15, 0.2) is 0 Å². The molecule has 32 heavy (non-hydrogen) atoms. The third kappa shape index (κ3) is 4.67. The minimum Gasteiger partial charge on any atom is -0.383 e. The minimum atomic E-state index is -3.70. The van der Waals surface area contributed by atoms with Gasteiger partial charge in [-0.1, -0.05) is 42.5 Å². The van der Waals surface area contributed by atoms with Crippen LogP contribution in [0.15, 0.2) is 88.1 Å². The molecule has 3 aromatic carbocycles. The van der Waals surface area contributed by atoms with E-state index < -0.39 is 10.0 Å². The number of amidine groups is 1. The first-order chi connectivity index (χ1) is 15.3. The number of fused-ring (bicyclic) bond motifs is 1. The Kier molecular flexibility index (Phi) is 6.27. The van der Waals surface area contributed by atoms with Crippen LogP contribution in [0.25, 0.3) is 10.8 Å². The number of rotatable bonds is 7. The molecule has 0 spiro atoms. The third-order valence-corrected chi connectivity index (χ3v) is 7.41. The van der Waals surface area contributed by atoms with Gasteiger partial charge in [-0.25, -0.2) is 18.1 Å². The van der Waals surface area contributed by atoms with E-state index in [1.54, 1.807) is 12.1 Å². The Hall–Kier alpha value is -3.20. The van der Waals surface area contributed by atoms with Crippen LogP contribution in [0.4, 0.5) is 11.4 Å². The van der Waals surface area contributed by atoms with Crippen molar-refractivity contribution >= 4 is 49.3 Å². The van der Waals surface area contributed by atoms with E-state index in [1.807, 2.05) is 85.0 Å². The second-order valence-electron chi connectivity index (χ2n) is 7.49. The van der Waals surface area contributed by atoms with Gasteiger partial charge in [0.1, 0.15) is 5.84 Å². The molecule has 0 fully saturated rings. The number of hydrogen-bond acceptors (Lipinski definition) is 5. The quantitative estimate of drug-likeness (QED) is 0.312. The average molecular weight is 465 g/mol. The number of anilines is 1. The maximum atomic E-state index is 13.1. The number of aliphatic imine (C=N–C) groups is 1. The van der Waals surface area contributed by atoms with Crippen molar-refractivity contribution in [2.45, 2.75) is 11.4 Å². The van der Waals surface area contributed by atoms with Gasteiger partial charge < -0.3 is 10.6 Å². The van der Waals surface area contributed by atoms with Crippen LogP contribution in [0.5, 0.6) is 0 Å². The van der Waals surface area contributed by atoms with Gasteiger partial charge in [0.25, 0.3) is 0 Å². The molecule has 0 unspecified atom stereocenters. The van der Waals surface area contributed by atoms with Crippen molar-refractivity contribution in [1.29, 1.82) is 0 Å². The third-order valence-electron chi connectivity index (χ3n) is 5.06. The molecule has 3 N–H and O–H groups in total. The van der Waals surface area contributed by atoms with Crippen LogP contribution in [-0.2, 0) is 16.6 Å². The molecule has 1 aromatic heterocycles. The van der Waals surface area contributed by atoms with Crippen molar-refractivity contribution < 1.29 is 8.42 Å². The van der Waals surface area contributed by atoms with E-state index in [-0.39, 0.29) is 11.4 Å². The lowest BCUT2D eigenvalue weighted by atomic mass is 10.1. The van der Waals surface area contributed by atoms with Crippen LogP contribution in [0, 0.1) is 0 Å². The number of benzene rings is 3. The Morgan fingerprint density at radius 3 is 2.38 bits per heavy atom. The summed E-state index contributed by atoms with van der Waals surface area (Å²) < 4.78 is 28.9. The van der Waals surface area contributed by atoms with Gasteiger partial charge in [-0.3, -0.25) is 0 Å². The first-order valence-corrected chi connectivity index (χ1v) is 12.4. The molecule has 0 atom stereocenters. The van der Waals surface area contributed by atoms with E-state index in [9.17, 15) is 8.42 Å². The standard InChI is InChI=1S/C24H24N4O2S2/c1-28(2)21-8-3-7-20-19(21)6-4-10-23(20)32(29,30)26-16-17-11-13-18(14-12-17)27-24(25)22-9-5-15-31-22/h3-15,26H,16H2,1-2H3,(H2,25,27). The Bertz CT molecular complexity index is 1360. The number of nitrogens with two attached hydrogens (primary N) is 1. The first-order valence-electron chi connectivity index (χ1n) is 10.0. The summed E-state index contributed by atoms with van der Waals surface area (Å²) in [5, 5.41) is 3.54. The molecule has 4 rings (SSSR count). The molecular weight excluding hydrogens is 440 g/mol. The Morgan fingerprint density at radius 2 is 1.69 bits per heavy atom. The number of hydrogen-bond donors (Lipinski definition) is 2. The highest BCUT2D eigenvalue weighted by atomic mass is 32.2. The minimum absolute atomic E-state index is 0.177. The van der Waals surface area contributed by atoms with E-state index >= 15 is 0 Å². The molecule has 0 amide bonds. The van der Waals surface area contributed by atoms with Crippen molar-refractivity contribution in [1.82, 2.24) is 4.72 Å². The molecule has 1 heterocycles. The molecule has 6 nitrogen and oxygen atoms in total. The maximum absolute atomic E-state index is 13.1. The van der Waals surface area contributed by atoms with Crippen LogP contribution in [0.2, 0.25) is 0 Å². The molecule has 0 aliphatic carbocycles. The molecule has 0 aliphatic rings. The van der Waals surface area contributed by atoms with Crippen LogP contribution in [0.1, 0.15) is 10.4 Å². The number of thiophene rings is 1. The fourth-order valence-electron chi connectivity index (χ4n) is 3.45. The Labute approximate surface area is 192 Å². The zero-order valence-electron chi connectivity index (χ0n) is 17.8. The number of nitrogens with zero attached hydrogens (tertiary/aromatic N) is 2. The summed E-state index contributed by atoms with van der Waals surface area (Å²) in [6.45, 7) is 0.177. The van der Waals surface area contributed by atoms with Gasteiger partial charge in [0, 0.05) is 37.1 Å². The highest BCUT2D eigenvalue weighted by Gasteiger charge is 2.18. The maximum Gasteiger partial charge on any atom is 0.241 e. The number of sulfonamides is 1. The SMILES string of the molecule is CN(C)c1cccc2c(S(=O)(=O)NCc3ccc(N=C(N)c4cccs4)cc3)cccc12. The zero-order valence-corrected chi connectivity index (χ0v) is 19.5. The van der Waals surface area contributed by atoms with Gasteiger partial charge in [0.2, 0.25) is 10.0 Å². The molecule has 4 aromatic rings. The second-order valence-corrected chi connectivity index (χ2v) is 10.2. The van der Waals surface area contributed by atoms with Crippen LogP contribution in [0.3, 0.4) is 0 Å². The summed E-state index contributed by atoms with van der Waals surface area (Å²) in [5.41, 5.74) is 8.55. The topological polar surface area (TPSA) is 87.8 Å². The summed E-state index contributed by atoms with van der Waals surface area (Å²) >= 11 is 1.53. The molecular formula is C24H24N4O2S2. The van der Waals surface area contributed by atoms with Crippen molar-refractivity contribution in [3.05, 3.63) is 88.6 Å². The van der Waals surface area contributed by atoms with E-state index in [0.717, 1.165) is 21.5 Å². The molecule has 8 heteroatoms. The predicted octanol–water partition coefficient (Wildman–Crippen LogP) is 4.48. The summed E-state index contributed by atoms with van der Waals surface area (Å²) in [4.78, 5) is 7.57. The largest absolute Gasteiger partial charge is 0.383 e. The van der Waals surface area contributed by atoms with Gasteiger partial charge in [-0.2, -0.15) is 0 Å². The lowest BCUT2D eigenvalue weighted by Crippen LogP contribution is -2.23. The highest BCUT2D eigenvalue weighted by Crippen LogP contribution is 2.30. The molecule has 0 bridgehead atoms. The van der Waals surface area contributed by atoms with Crippen molar-refractivity contribution in [2.75, 3.05) is 19.0 Å². The summed E-state index contributed by atoms with van der Waals surface area (Å²) in [5.74, 6) is 0.460. The highest BCUT2D eigenvalue weighted by molar-refractivity contribution is 7.89. The molecule has 0 radical (unpaired) electrons. The van der Waals surface area contributed by atoms with Gasteiger partial charge in [0.05, 0.1) is 15.5 Å². The predicted molar refractivity (Wildman–Crippen MR) is 133 cm³/mol. The van der Waals surface area contributed by atoms with E-state index in [4.69, 9.17) is 5.73 Å². The summed E-state index contributed by atoms with van der Waals surface area (Å²) in [6, 6.07) is 22.2. The second kappa shape index (κ2) is 9.12. The summed E-state index contributed by atoms with van der Waals surface area (Å²) in [7, 11) is 0.180. The van der Waals surface area contributed by atoms with Crippen molar-refractivity contribution in [3.63, 3.8) is 0 Å². The van der Waals surface area contributed by atoms with Crippen LogP contribution in [-0.4, -0.2) is 28.3 Å². The average Bonchev–Trinajstić information content (AvgIpc) is 3.33. The molecule has 0 saturated carbocycles. The van der Waals surface area contributed by atoms with E-state index in [1.165, 1.54) is 11.3 Å². The van der Waals surface area contributed by atoms with Crippen molar-refractivity contribution in [3.8, 4) is 0 Å². The molecule has 0 saturated heterocycles. The first kappa shape index (κ1) is 22.0. The lowest BCUT2D eigenvalue weighted by Gasteiger charge is -2.17. The molecule has 164 valence electrons. The normalized spacial score (nSPS) is 12.2. The smallest absolute Gasteiger partial charge is 0.241 e. The van der Waals surface area contributed by atoms with E-state index in [2.05, 4.69) is 9.71 Å². The monoisotopic (exact) mass is 464 g/mol. The van der Waals surface area contributed by atoms with E-state index in [0.29, 0.717) is 16.9 Å². The lowest BCUT2D eigenvalue weighted by molar-refractivity contribution is 0.582. The van der Waals surface area contributed by atoms with Crippen LogP contribution < -0.4 is 15.4 Å². The Morgan fingerprint density at radius 1 is 0.969 bits per heavy atom. The molecule has 0 aliphatic heterocycles. The van der Waals surface area contributed by atoms with Gasteiger partial charge in [-0.15, -0.1) is 11.3 Å². The zero-order chi connectivity index (χ0) is 22.7. The number of nitrogens with one attached hydrogen (secondary N) is 1. The van der Waals surface area contributed by atoms with Gasteiger partial charge >= 0.3 is 0 Å². The van der Waals surface area contributed by atoms with Crippen molar-refractivity contribution in [2.24, 2.45) is 10.7 Å². The van der Waals surface area contributed by atoms with Crippen LogP contribution >= 0.6 is 11.3 Å². The fraction of sp³-hybridized carbons (Fsp3) is 0.125. The fourth-order valence-corrected chi connectivity index (χ4v) is 5.32. The Balaban J connectivity index is 1.53. The van der Waals surface area contributed by atoms with Gasteiger partial charge in [-0.05, 0) is 41.3 Å².